The highest BCUT2D eigenvalue weighted by atomic mass is 19.4. The van der Waals surface area contributed by atoms with Crippen LogP contribution in [0.1, 0.15) is 25.0 Å². The second-order valence-corrected chi connectivity index (χ2v) is 9.26. The Balaban J connectivity index is 0.000000360. The predicted molar refractivity (Wildman–Crippen MR) is 109 cm³/mol. The van der Waals surface area contributed by atoms with Gasteiger partial charge in [0.1, 0.15) is 0 Å². The summed E-state index contributed by atoms with van der Waals surface area (Å²) in [5, 5.41) is 11.5. The molecule has 2 saturated heterocycles. The second-order valence-electron chi connectivity index (χ2n) is 9.26. The molecule has 180 valence electrons. The minimum Gasteiger partial charge on any atom is -0.475 e. The number of aryl methyl sites for hydroxylation is 1. The number of aromatic nitrogens is 2. The molecular weight excluding hydrogens is 429 g/mol. The molecule has 1 aromatic heterocycles. The van der Waals surface area contributed by atoms with Crippen LogP contribution in [0.25, 0.3) is 0 Å². The lowest BCUT2D eigenvalue weighted by atomic mass is 9.77. The first-order valence-electron chi connectivity index (χ1n) is 10.8. The summed E-state index contributed by atoms with van der Waals surface area (Å²) in [5.74, 6) is -1.19. The van der Waals surface area contributed by atoms with Crippen LogP contribution >= 0.6 is 0 Å². The van der Waals surface area contributed by atoms with E-state index in [1.165, 1.54) is 12.8 Å². The van der Waals surface area contributed by atoms with Crippen molar-refractivity contribution in [1.29, 1.82) is 0 Å². The van der Waals surface area contributed by atoms with E-state index in [0.717, 1.165) is 57.4 Å². The van der Waals surface area contributed by atoms with Crippen LogP contribution in [-0.2, 0) is 27.8 Å². The van der Waals surface area contributed by atoms with E-state index in [2.05, 4.69) is 21.9 Å². The lowest BCUT2D eigenvalue weighted by Gasteiger charge is -2.30. The van der Waals surface area contributed by atoms with Crippen molar-refractivity contribution in [2.24, 2.45) is 24.3 Å². The SMILES string of the molecule is CN1C[C@@H](COCC2CC2)[C@]2(CCN(C(=O)Cc3ccn(C)n3)C2)C1.O=C(O)C(F)(F)F. The highest BCUT2D eigenvalue weighted by Crippen LogP contribution is 2.44. The van der Waals surface area contributed by atoms with Crippen LogP contribution in [-0.4, -0.2) is 89.2 Å². The normalized spacial score (nSPS) is 25.8. The van der Waals surface area contributed by atoms with Gasteiger partial charge in [0.25, 0.3) is 0 Å². The molecule has 0 unspecified atom stereocenters. The maximum absolute atomic E-state index is 12.7. The number of aliphatic carboxylic acids is 1. The van der Waals surface area contributed by atoms with Crippen molar-refractivity contribution < 1.29 is 32.6 Å². The average molecular weight is 460 g/mol. The van der Waals surface area contributed by atoms with E-state index >= 15 is 0 Å². The quantitative estimate of drug-likeness (QED) is 0.697. The van der Waals surface area contributed by atoms with Gasteiger partial charge in [-0.25, -0.2) is 4.79 Å². The summed E-state index contributed by atoms with van der Waals surface area (Å²) < 4.78 is 39.5. The van der Waals surface area contributed by atoms with Crippen molar-refractivity contribution in [2.75, 3.05) is 46.4 Å². The summed E-state index contributed by atoms with van der Waals surface area (Å²) in [6, 6.07) is 1.93. The molecule has 0 bridgehead atoms. The number of carboxylic acid groups (broad SMARTS) is 1. The molecule has 1 aliphatic carbocycles. The molecule has 3 heterocycles. The monoisotopic (exact) mass is 460 g/mol. The first-order valence-corrected chi connectivity index (χ1v) is 10.8. The number of hydrogen-bond donors (Lipinski definition) is 1. The lowest BCUT2D eigenvalue weighted by Crippen LogP contribution is -2.38. The number of nitrogens with zero attached hydrogens (tertiary/aromatic N) is 4. The molecule has 1 saturated carbocycles. The van der Waals surface area contributed by atoms with E-state index in [1.54, 1.807) is 4.68 Å². The van der Waals surface area contributed by atoms with Gasteiger partial charge in [-0.2, -0.15) is 18.3 Å². The third kappa shape index (κ3) is 6.44. The van der Waals surface area contributed by atoms with Crippen LogP contribution in [0.5, 0.6) is 0 Å². The van der Waals surface area contributed by atoms with Crippen molar-refractivity contribution in [2.45, 2.75) is 31.9 Å². The molecule has 2 aliphatic heterocycles. The van der Waals surface area contributed by atoms with E-state index in [4.69, 9.17) is 14.6 Å². The number of carbonyl (C=O) groups is 2. The summed E-state index contributed by atoms with van der Waals surface area (Å²) in [4.78, 5) is 26.1. The molecule has 3 fully saturated rings. The van der Waals surface area contributed by atoms with Gasteiger partial charge in [-0.3, -0.25) is 9.48 Å². The van der Waals surface area contributed by atoms with Crippen LogP contribution in [0.15, 0.2) is 12.3 Å². The van der Waals surface area contributed by atoms with E-state index in [1.807, 2.05) is 19.3 Å². The average Bonchev–Trinajstić information content (AvgIpc) is 3.13. The van der Waals surface area contributed by atoms with Gasteiger partial charge in [0.2, 0.25) is 5.91 Å². The number of likely N-dealkylation sites (tertiary alicyclic amines) is 2. The predicted octanol–water partition coefficient (Wildman–Crippen LogP) is 1.80. The van der Waals surface area contributed by atoms with Crippen LogP contribution in [0, 0.1) is 17.3 Å². The number of halogens is 3. The Bertz CT molecular complexity index is 811. The number of ether oxygens (including phenoxy) is 1. The first-order chi connectivity index (χ1) is 15.0. The van der Waals surface area contributed by atoms with Crippen LogP contribution in [0.2, 0.25) is 0 Å². The van der Waals surface area contributed by atoms with Crippen molar-refractivity contribution in [1.82, 2.24) is 19.6 Å². The second kappa shape index (κ2) is 9.78. The molecule has 1 N–H and O–H groups in total. The molecule has 0 aromatic carbocycles. The highest BCUT2D eigenvalue weighted by molar-refractivity contribution is 5.78. The van der Waals surface area contributed by atoms with Gasteiger partial charge in [-0.05, 0) is 38.3 Å². The van der Waals surface area contributed by atoms with Gasteiger partial charge >= 0.3 is 12.1 Å². The maximum atomic E-state index is 12.7. The molecule has 1 amide bonds. The van der Waals surface area contributed by atoms with Gasteiger partial charge in [-0.15, -0.1) is 0 Å². The number of hydrogen-bond acceptors (Lipinski definition) is 5. The Morgan fingerprint density at radius 2 is 1.94 bits per heavy atom. The van der Waals surface area contributed by atoms with E-state index < -0.39 is 12.1 Å². The summed E-state index contributed by atoms with van der Waals surface area (Å²) in [5.41, 5.74) is 1.08. The zero-order valence-electron chi connectivity index (χ0n) is 18.5. The molecule has 0 radical (unpaired) electrons. The Kier molecular flexibility index (Phi) is 7.49. The van der Waals surface area contributed by atoms with Gasteiger partial charge < -0.3 is 19.6 Å². The third-order valence-electron chi connectivity index (χ3n) is 6.43. The summed E-state index contributed by atoms with van der Waals surface area (Å²) in [7, 11) is 4.08. The summed E-state index contributed by atoms with van der Waals surface area (Å²) in [6.07, 6.45) is 1.00. The zero-order valence-corrected chi connectivity index (χ0v) is 18.5. The summed E-state index contributed by atoms with van der Waals surface area (Å²) in [6.45, 7) is 5.70. The van der Waals surface area contributed by atoms with Gasteiger partial charge in [0.15, 0.2) is 0 Å². The number of carboxylic acids is 1. The Labute approximate surface area is 185 Å². The zero-order chi connectivity index (χ0) is 23.5. The number of carbonyl (C=O) groups excluding carboxylic acids is 1. The Hall–Kier alpha value is -2.14. The van der Waals surface area contributed by atoms with Crippen molar-refractivity contribution >= 4 is 11.9 Å². The molecule has 1 aromatic rings. The smallest absolute Gasteiger partial charge is 0.475 e. The van der Waals surface area contributed by atoms with Crippen molar-refractivity contribution in [3.8, 4) is 0 Å². The van der Waals surface area contributed by atoms with Gasteiger partial charge in [-0.1, -0.05) is 0 Å². The molecule has 8 nitrogen and oxygen atoms in total. The molecule has 1 spiro atoms. The standard InChI is InChI=1S/C19H30N4O2.C2HF3O2/c1-21-10-16(12-25-11-15-3-4-15)19(13-21)6-8-23(14-19)18(24)9-17-5-7-22(2)20-17;3-2(4,5)1(6)7/h5,7,15-16H,3-4,6,8-14H2,1-2H3;(H,6,7)/t16-,19+;/m0./s1. The number of alkyl halides is 3. The number of rotatable bonds is 6. The van der Waals surface area contributed by atoms with Gasteiger partial charge in [0.05, 0.1) is 18.7 Å². The minimum absolute atomic E-state index is 0.211. The molecule has 11 heteroatoms. The topological polar surface area (TPSA) is 87.9 Å². The van der Waals surface area contributed by atoms with Crippen molar-refractivity contribution in [3.05, 3.63) is 18.0 Å². The number of amides is 1. The van der Waals surface area contributed by atoms with Gasteiger partial charge in [0, 0.05) is 57.4 Å². The molecular formula is C21H31F3N4O4. The molecule has 32 heavy (non-hydrogen) atoms. The largest absolute Gasteiger partial charge is 0.490 e. The van der Waals surface area contributed by atoms with Crippen LogP contribution in [0.4, 0.5) is 13.2 Å². The minimum atomic E-state index is -5.08. The van der Waals surface area contributed by atoms with E-state index in [0.29, 0.717) is 12.3 Å². The fourth-order valence-electron chi connectivity index (χ4n) is 4.59. The molecule has 2 atom stereocenters. The van der Waals surface area contributed by atoms with E-state index in [9.17, 15) is 18.0 Å². The fraction of sp³-hybridized carbons (Fsp3) is 0.762. The Morgan fingerprint density at radius 3 is 2.50 bits per heavy atom. The third-order valence-corrected chi connectivity index (χ3v) is 6.43. The highest BCUT2D eigenvalue weighted by Gasteiger charge is 2.50. The fourth-order valence-corrected chi connectivity index (χ4v) is 4.59. The van der Waals surface area contributed by atoms with Crippen LogP contribution in [0.3, 0.4) is 0 Å². The lowest BCUT2D eigenvalue weighted by molar-refractivity contribution is -0.192. The van der Waals surface area contributed by atoms with E-state index in [-0.39, 0.29) is 11.3 Å². The molecule has 3 aliphatic rings. The first kappa shape index (κ1) is 24.5. The molecule has 4 rings (SSSR count). The maximum Gasteiger partial charge on any atom is 0.490 e. The van der Waals surface area contributed by atoms with Crippen molar-refractivity contribution in [3.63, 3.8) is 0 Å². The summed E-state index contributed by atoms with van der Waals surface area (Å²) >= 11 is 0. The Morgan fingerprint density at radius 1 is 1.25 bits per heavy atom. The van der Waals surface area contributed by atoms with Crippen LogP contribution < -0.4 is 0 Å².